The third kappa shape index (κ3) is 4.45. The smallest absolute Gasteiger partial charge is 0.319 e. The van der Waals surface area contributed by atoms with Gasteiger partial charge < -0.3 is 15.0 Å². The van der Waals surface area contributed by atoms with E-state index in [2.05, 4.69) is 79.6 Å². The van der Waals surface area contributed by atoms with E-state index in [1.54, 1.807) is 0 Å². The fourth-order valence-electron chi connectivity index (χ4n) is 4.08. The van der Waals surface area contributed by atoms with Crippen LogP contribution in [0.2, 0.25) is 0 Å². The van der Waals surface area contributed by atoms with Gasteiger partial charge in [-0.25, -0.2) is 0 Å². The molecule has 0 saturated heterocycles. The van der Waals surface area contributed by atoms with Crippen LogP contribution in [0.1, 0.15) is 28.9 Å². The van der Waals surface area contributed by atoms with E-state index in [-0.39, 0.29) is 24.7 Å². The van der Waals surface area contributed by atoms with Crippen LogP contribution in [-0.2, 0) is 9.53 Å². The number of hydrogen-bond donors (Lipinski definition) is 1. The molecule has 160 valence electrons. The van der Waals surface area contributed by atoms with Crippen LogP contribution in [0, 0.1) is 0 Å². The van der Waals surface area contributed by atoms with Crippen LogP contribution in [0.5, 0.6) is 0 Å². The van der Waals surface area contributed by atoms with Crippen molar-refractivity contribution in [1.29, 1.82) is 0 Å². The SMILES string of the molecule is COC(=O)CN1[C@@H](c2ccccc2)c2cc(Br)ccc2N[C@@H]1c1ccc(N(C)C)cc1. The van der Waals surface area contributed by atoms with Crippen molar-refractivity contribution < 1.29 is 9.53 Å². The summed E-state index contributed by atoms with van der Waals surface area (Å²) < 4.78 is 6.06. The number of carbonyl (C=O) groups excluding carboxylic acids is 1. The molecule has 2 atom stereocenters. The number of carbonyl (C=O) groups is 1. The summed E-state index contributed by atoms with van der Waals surface area (Å²) >= 11 is 3.61. The highest BCUT2D eigenvalue weighted by Crippen LogP contribution is 2.44. The minimum Gasteiger partial charge on any atom is -0.468 e. The van der Waals surface area contributed by atoms with Crippen LogP contribution >= 0.6 is 15.9 Å². The Hall–Kier alpha value is -2.83. The number of rotatable bonds is 5. The van der Waals surface area contributed by atoms with Gasteiger partial charge in [0.05, 0.1) is 19.7 Å². The average Bonchev–Trinajstić information content (AvgIpc) is 2.79. The number of methoxy groups -OCH3 is 1. The molecule has 0 amide bonds. The van der Waals surface area contributed by atoms with Crippen LogP contribution < -0.4 is 10.2 Å². The van der Waals surface area contributed by atoms with Crippen molar-refractivity contribution in [2.45, 2.75) is 12.2 Å². The van der Waals surface area contributed by atoms with Gasteiger partial charge in [-0.2, -0.15) is 0 Å². The summed E-state index contributed by atoms with van der Waals surface area (Å²) in [5.74, 6) is -0.268. The summed E-state index contributed by atoms with van der Waals surface area (Å²) in [4.78, 5) is 16.7. The first-order chi connectivity index (χ1) is 15.0. The van der Waals surface area contributed by atoms with Crippen molar-refractivity contribution in [3.05, 3.63) is 94.0 Å². The maximum Gasteiger partial charge on any atom is 0.319 e. The molecule has 0 aromatic heterocycles. The van der Waals surface area contributed by atoms with Gasteiger partial charge in [0.2, 0.25) is 0 Å². The summed E-state index contributed by atoms with van der Waals surface area (Å²) in [5, 5.41) is 3.65. The van der Waals surface area contributed by atoms with Crippen molar-refractivity contribution in [2.24, 2.45) is 0 Å². The third-order valence-corrected chi connectivity index (χ3v) is 6.14. The molecule has 0 saturated carbocycles. The molecule has 1 N–H and O–H groups in total. The van der Waals surface area contributed by atoms with Crippen molar-refractivity contribution in [3.8, 4) is 0 Å². The monoisotopic (exact) mass is 479 g/mol. The van der Waals surface area contributed by atoms with E-state index in [0.717, 1.165) is 32.5 Å². The summed E-state index contributed by atoms with van der Waals surface area (Å²) in [7, 11) is 5.48. The van der Waals surface area contributed by atoms with E-state index in [4.69, 9.17) is 4.74 Å². The Morgan fingerprint density at radius 2 is 1.74 bits per heavy atom. The lowest BCUT2D eigenvalue weighted by molar-refractivity contribution is -0.143. The van der Waals surface area contributed by atoms with Crippen molar-refractivity contribution in [3.63, 3.8) is 0 Å². The van der Waals surface area contributed by atoms with E-state index in [1.807, 2.05) is 38.4 Å². The minimum atomic E-state index is -0.268. The van der Waals surface area contributed by atoms with E-state index >= 15 is 0 Å². The molecule has 3 aromatic carbocycles. The largest absolute Gasteiger partial charge is 0.468 e. The molecule has 6 heteroatoms. The second-order valence-corrected chi connectivity index (χ2v) is 8.74. The molecule has 0 fully saturated rings. The summed E-state index contributed by atoms with van der Waals surface area (Å²) in [6, 6.07) is 24.9. The predicted molar refractivity (Wildman–Crippen MR) is 128 cm³/mol. The highest BCUT2D eigenvalue weighted by atomic mass is 79.9. The number of benzene rings is 3. The molecule has 0 radical (unpaired) electrons. The molecule has 0 spiro atoms. The summed E-state index contributed by atoms with van der Waals surface area (Å²) in [6.45, 7) is 0.162. The lowest BCUT2D eigenvalue weighted by atomic mass is 9.91. The Balaban J connectivity index is 1.85. The number of fused-ring (bicyclic) bond motifs is 1. The van der Waals surface area contributed by atoms with Crippen LogP contribution in [-0.4, -0.2) is 38.6 Å². The second kappa shape index (κ2) is 9.12. The first-order valence-corrected chi connectivity index (χ1v) is 11.0. The van der Waals surface area contributed by atoms with Gasteiger partial charge in [0, 0.05) is 29.9 Å². The molecule has 0 unspecified atom stereocenters. The van der Waals surface area contributed by atoms with Crippen molar-refractivity contribution in [1.82, 2.24) is 4.90 Å². The Morgan fingerprint density at radius 3 is 2.39 bits per heavy atom. The molecule has 1 aliphatic rings. The first-order valence-electron chi connectivity index (χ1n) is 10.2. The third-order valence-electron chi connectivity index (χ3n) is 5.64. The number of esters is 1. The van der Waals surface area contributed by atoms with Crippen LogP contribution in [0.3, 0.4) is 0 Å². The second-order valence-electron chi connectivity index (χ2n) is 7.83. The van der Waals surface area contributed by atoms with Gasteiger partial charge in [-0.05, 0) is 47.0 Å². The lowest BCUT2D eigenvalue weighted by Gasteiger charge is -2.44. The summed E-state index contributed by atoms with van der Waals surface area (Å²) in [6.07, 6.45) is -0.186. The highest BCUT2D eigenvalue weighted by Gasteiger charge is 2.37. The molecular formula is C25H26BrN3O2. The van der Waals surface area contributed by atoms with Gasteiger partial charge >= 0.3 is 5.97 Å². The zero-order chi connectivity index (χ0) is 22.0. The Morgan fingerprint density at radius 1 is 1.03 bits per heavy atom. The van der Waals surface area contributed by atoms with E-state index in [1.165, 1.54) is 7.11 Å². The van der Waals surface area contributed by atoms with Gasteiger partial charge in [-0.1, -0.05) is 58.4 Å². The molecule has 3 aromatic rings. The quantitative estimate of drug-likeness (QED) is 0.509. The van der Waals surface area contributed by atoms with Crippen molar-refractivity contribution in [2.75, 3.05) is 38.0 Å². The van der Waals surface area contributed by atoms with Crippen LogP contribution in [0.15, 0.2) is 77.3 Å². The fourth-order valence-corrected chi connectivity index (χ4v) is 4.46. The number of anilines is 2. The van der Waals surface area contributed by atoms with Crippen LogP contribution in [0.4, 0.5) is 11.4 Å². The molecule has 0 aliphatic carbocycles. The zero-order valence-corrected chi connectivity index (χ0v) is 19.5. The maximum atomic E-state index is 12.4. The molecule has 1 heterocycles. The molecule has 31 heavy (non-hydrogen) atoms. The maximum absolute atomic E-state index is 12.4. The molecular weight excluding hydrogens is 454 g/mol. The van der Waals surface area contributed by atoms with Crippen molar-refractivity contribution >= 4 is 33.3 Å². The first kappa shape index (κ1) is 21.4. The van der Waals surface area contributed by atoms with Gasteiger partial charge in [0.15, 0.2) is 0 Å². The Labute approximate surface area is 191 Å². The molecule has 5 nitrogen and oxygen atoms in total. The number of ether oxygens (including phenoxy) is 1. The average molecular weight is 480 g/mol. The number of hydrogen-bond acceptors (Lipinski definition) is 5. The highest BCUT2D eigenvalue weighted by molar-refractivity contribution is 9.10. The van der Waals surface area contributed by atoms with Gasteiger partial charge in [-0.15, -0.1) is 0 Å². The minimum absolute atomic E-state index is 0.104. The number of nitrogens with one attached hydrogen (secondary N) is 1. The lowest BCUT2D eigenvalue weighted by Crippen LogP contribution is -2.44. The molecule has 4 rings (SSSR count). The Bertz CT molecular complexity index is 1050. The topological polar surface area (TPSA) is 44.8 Å². The van der Waals surface area contributed by atoms with E-state index in [0.29, 0.717) is 0 Å². The predicted octanol–water partition coefficient (Wildman–Crippen LogP) is 5.20. The normalized spacial score (nSPS) is 18.1. The van der Waals surface area contributed by atoms with Gasteiger partial charge in [-0.3, -0.25) is 9.69 Å². The van der Waals surface area contributed by atoms with E-state index in [9.17, 15) is 4.79 Å². The molecule has 1 aliphatic heterocycles. The fraction of sp³-hybridized carbons (Fsp3) is 0.240. The summed E-state index contributed by atoms with van der Waals surface area (Å²) in [5.41, 5.74) is 5.51. The molecule has 0 bridgehead atoms. The van der Waals surface area contributed by atoms with E-state index < -0.39 is 0 Å². The van der Waals surface area contributed by atoms with Crippen LogP contribution in [0.25, 0.3) is 0 Å². The van der Waals surface area contributed by atoms with Gasteiger partial charge in [0.25, 0.3) is 0 Å². The number of nitrogens with zero attached hydrogens (tertiary/aromatic N) is 2. The standard InChI is InChI=1S/C25H26BrN3O2/c1-28(2)20-12-9-18(10-13-20)25-27-22-14-11-19(26)15-21(22)24(17-7-5-4-6-8-17)29(25)16-23(30)31-3/h4-15,24-25,27H,16H2,1-3H3/t24-,25-/m0/s1. The zero-order valence-electron chi connectivity index (χ0n) is 17.9. The van der Waals surface area contributed by atoms with Gasteiger partial charge in [0.1, 0.15) is 6.17 Å². The number of halogens is 1. The Kier molecular flexibility index (Phi) is 6.30.